The molecule has 1 amide bonds. The first-order valence-corrected chi connectivity index (χ1v) is 8.44. The van der Waals surface area contributed by atoms with Gasteiger partial charge in [0.15, 0.2) is 0 Å². The van der Waals surface area contributed by atoms with Gasteiger partial charge in [-0.05, 0) is 54.1 Å². The SMILES string of the molecule is CCOCCCN1C(=O)c2cc(I)ccc2S1(=O)=O. The van der Waals surface area contributed by atoms with Crippen molar-refractivity contribution in [3.8, 4) is 0 Å². The van der Waals surface area contributed by atoms with Crippen molar-refractivity contribution in [2.24, 2.45) is 0 Å². The van der Waals surface area contributed by atoms with Gasteiger partial charge in [0.2, 0.25) is 0 Å². The van der Waals surface area contributed by atoms with Gasteiger partial charge < -0.3 is 4.74 Å². The smallest absolute Gasteiger partial charge is 0.269 e. The topological polar surface area (TPSA) is 63.7 Å². The fourth-order valence-corrected chi connectivity index (χ4v) is 4.01. The molecule has 0 radical (unpaired) electrons. The summed E-state index contributed by atoms with van der Waals surface area (Å²) < 4.78 is 31.4. The van der Waals surface area contributed by atoms with E-state index in [1.54, 1.807) is 12.1 Å². The van der Waals surface area contributed by atoms with E-state index in [0.717, 1.165) is 7.88 Å². The van der Waals surface area contributed by atoms with E-state index in [1.165, 1.54) is 6.07 Å². The van der Waals surface area contributed by atoms with Crippen LogP contribution in [0.2, 0.25) is 0 Å². The number of halogens is 1. The maximum Gasteiger partial charge on any atom is 0.269 e. The standard InChI is InChI=1S/C12H14INO4S/c1-2-18-7-3-6-14-12(15)10-8-9(13)4-5-11(10)19(14,16)17/h4-5,8H,2-3,6-7H2,1H3. The van der Waals surface area contributed by atoms with E-state index in [9.17, 15) is 13.2 Å². The van der Waals surface area contributed by atoms with E-state index >= 15 is 0 Å². The maximum absolute atomic E-state index is 12.2. The first-order valence-electron chi connectivity index (χ1n) is 5.93. The van der Waals surface area contributed by atoms with Gasteiger partial charge >= 0.3 is 0 Å². The molecule has 0 unspecified atom stereocenters. The Morgan fingerprint density at radius 2 is 2.11 bits per heavy atom. The summed E-state index contributed by atoms with van der Waals surface area (Å²) >= 11 is 2.06. The second-order valence-electron chi connectivity index (χ2n) is 4.07. The molecular weight excluding hydrogens is 381 g/mol. The third kappa shape index (κ3) is 2.77. The highest BCUT2D eigenvalue weighted by atomic mass is 127. The average Bonchev–Trinajstić information content (AvgIpc) is 2.54. The Balaban J connectivity index is 2.23. The van der Waals surface area contributed by atoms with Crippen LogP contribution in [0.25, 0.3) is 0 Å². The molecule has 0 aromatic heterocycles. The molecule has 7 heteroatoms. The molecular formula is C12H14INO4S. The van der Waals surface area contributed by atoms with Crippen LogP contribution in [0.3, 0.4) is 0 Å². The Kier molecular flexibility index (Phi) is 4.46. The Hall–Kier alpha value is -0.670. The van der Waals surface area contributed by atoms with Gasteiger partial charge in [-0.2, -0.15) is 0 Å². The largest absolute Gasteiger partial charge is 0.382 e. The monoisotopic (exact) mass is 395 g/mol. The zero-order valence-corrected chi connectivity index (χ0v) is 13.4. The number of ether oxygens (including phenoxy) is 1. The van der Waals surface area contributed by atoms with Crippen LogP contribution < -0.4 is 0 Å². The molecule has 0 spiro atoms. The molecule has 1 heterocycles. The zero-order chi connectivity index (χ0) is 14.0. The summed E-state index contributed by atoms with van der Waals surface area (Å²) in [4.78, 5) is 12.2. The third-order valence-corrected chi connectivity index (χ3v) is 5.33. The van der Waals surface area contributed by atoms with Crippen LogP contribution in [0.4, 0.5) is 0 Å². The van der Waals surface area contributed by atoms with Gasteiger partial charge in [-0.25, -0.2) is 12.7 Å². The van der Waals surface area contributed by atoms with E-state index in [4.69, 9.17) is 4.74 Å². The van der Waals surface area contributed by atoms with Crippen molar-refractivity contribution >= 4 is 38.5 Å². The van der Waals surface area contributed by atoms with Gasteiger partial charge in [0.1, 0.15) is 4.90 Å². The second-order valence-corrected chi connectivity index (χ2v) is 7.15. The summed E-state index contributed by atoms with van der Waals surface area (Å²) in [7, 11) is -3.67. The molecule has 1 aliphatic rings. The lowest BCUT2D eigenvalue weighted by atomic mass is 10.2. The van der Waals surface area contributed by atoms with Gasteiger partial charge in [-0.3, -0.25) is 4.79 Å². The molecule has 0 saturated heterocycles. The summed E-state index contributed by atoms with van der Waals surface area (Å²) in [5.41, 5.74) is 0.267. The van der Waals surface area contributed by atoms with Crippen LogP contribution in [0.15, 0.2) is 23.1 Å². The summed E-state index contributed by atoms with van der Waals surface area (Å²) in [6.45, 7) is 3.06. The van der Waals surface area contributed by atoms with Gasteiger partial charge in [0, 0.05) is 23.3 Å². The Morgan fingerprint density at radius 1 is 1.37 bits per heavy atom. The molecule has 1 aliphatic heterocycles. The Morgan fingerprint density at radius 3 is 2.79 bits per heavy atom. The normalized spacial score (nSPS) is 16.7. The second kappa shape index (κ2) is 5.76. The molecule has 1 aromatic carbocycles. The average molecular weight is 395 g/mol. The van der Waals surface area contributed by atoms with Crippen molar-refractivity contribution < 1.29 is 17.9 Å². The van der Waals surface area contributed by atoms with Crippen LogP contribution in [0, 0.1) is 3.57 Å². The molecule has 5 nitrogen and oxygen atoms in total. The zero-order valence-electron chi connectivity index (χ0n) is 10.4. The minimum absolute atomic E-state index is 0.106. The fourth-order valence-electron chi connectivity index (χ4n) is 1.93. The predicted molar refractivity (Wildman–Crippen MR) is 78.5 cm³/mol. The van der Waals surface area contributed by atoms with Gasteiger partial charge in [-0.1, -0.05) is 0 Å². The molecule has 0 atom stereocenters. The molecule has 0 N–H and O–H groups in total. The number of hydrogen-bond donors (Lipinski definition) is 0. The highest BCUT2D eigenvalue weighted by molar-refractivity contribution is 14.1. The Labute approximate surface area is 126 Å². The number of carbonyl (C=O) groups excluding carboxylic acids is 1. The lowest BCUT2D eigenvalue weighted by Crippen LogP contribution is -2.31. The van der Waals surface area contributed by atoms with Crippen molar-refractivity contribution in [3.63, 3.8) is 0 Å². The first kappa shape index (κ1) is 14.7. The fraction of sp³-hybridized carbons (Fsp3) is 0.417. The van der Waals surface area contributed by atoms with Crippen molar-refractivity contribution in [1.29, 1.82) is 0 Å². The van der Waals surface area contributed by atoms with Crippen LogP contribution in [-0.2, 0) is 14.8 Å². The summed E-state index contributed by atoms with van der Waals surface area (Å²) in [5, 5.41) is 0. The van der Waals surface area contributed by atoms with E-state index < -0.39 is 15.9 Å². The number of fused-ring (bicyclic) bond motifs is 1. The molecule has 0 saturated carbocycles. The minimum Gasteiger partial charge on any atom is -0.382 e. The van der Waals surface area contributed by atoms with E-state index in [-0.39, 0.29) is 17.0 Å². The van der Waals surface area contributed by atoms with Crippen molar-refractivity contribution in [1.82, 2.24) is 4.31 Å². The molecule has 0 aliphatic carbocycles. The van der Waals surface area contributed by atoms with Crippen molar-refractivity contribution in [2.75, 3.05) is 19.8 Å². The molecule has 0 fully saturated rings. The molecule has 19 heavy (non-hydrogen) atoms. The van der Waals surface area contributed by atoms with E-state index in [0.29, 0.717) is 19.6 Å². The number of carbonyl (C=O) groups is 1. The highest BCUT2D eigenvalue weighted by Crippen LogP contribution is 2.31. The number of rotatable bonds is 5. The molecule has 104 valence electrons. The van der Waals surface area contributed by atoms with Crippen LogP contribution >= 0.6 is 22.6 Å². The molecule has 0 bridgehead atoms. The third-order valence-electron chi connectivity index (χ3n) is 2.82. The Bertz CT molecular complexity index is 600. The van der Waals surface area contributed by atoms with Crippen molar-refractivity contribution in [2.45, 2.75) is 18.2 Å². The summed E-state index contributed by atoms with van der Waals surface area (Å²) in [6.07, 6.45) is 0.504. The predicted octanol–water partition coefficient (Wildman–Crippen LogP) is 1.86. The highest BCUT2D eigenvalue weighted by Gasteiger charge is 2.40. The lowest BCUT2D eigenvalue weighted by Gasteiger charge is -2.14. The lowest BCUT2D eigenvalue weighted by molar-refractivity contribution is 0.0852. The van der Waals surface area contributed by atoms with Gasteiger partial charge in [-0.15, -0.1) is 0 Å². The molecule has 1 aromatic rings. The minimum atomic E-state index is -3.67. The quantitative estimate of drug-likeness (QED) is 0.564. The van der Waals surface area contributed by atoms with Crippen LogP contribution in [0.5, 0.6) is 0 Å². The van der Waals surface area contributed by atoms with Crippen molar-refractivity contribution in [3.05, 3.63) is 27.3 Å². The van der Waals surface area contributed by atoms with Crippen LogP contribution in [0.1, 0.15) is 23.7 Å². The number of benzene rings is 1. The number of amides is 1. The summed E-state index contributed by atoms with van der Waals surface area (Å²) in [5.74, 6) is -0.440. The van der Waals surface area contributed by atoms with E-state index in [2.05, 4.69) is 22.6 Å². The number of nitrogens with zero attached hydrogens (tertiary/aromatic N) is 1. The molecule has 2 rings (SSSR count). The first-order chi connectivity index (χ1) is 8.98. The summed E-state index contributed by atoms with van der Waals surface area (Å²) in [6, 6.07) is 4.79. The number of hydrogen-bond acceptors (Lipinski definition) is 4. The van der Waals surface area contributed by atoms with Gasteiger partial charge in [0.05, 0.1) is 5.56 Å². The van der Waals surface area contributed by atoms with Gasteiger partial charge in [0.25, 0.3) is 15.9 Å². The van der Waals surface area contributed by atoms with E-state index in [1.807, 2.05) is 6.92 Å². The van der Waals surface area contributed by atoms with Crippen LogP contribution in [-0.4, -0.2) is 38.4 Å². The number of sulfonamides is 1. The maximum atomic E-state index is 12.2.